The molecule has 2 aromatic carbocycles. The van der Waals surface area contributed by atoms with E-state index in [9.17, 15) is 4.79 Å². The lowest BCUT2D eigenvalue weighted by atomic mass is 10.2. The molecule has 1 aliphatic rings. The topological polar surface area (TPSA) is 44.8 Å². The Morgan fingerprint density at radius 3 is 2.41 bits per heavy atom. The van der Waals surface area contributed by atoms with E-state index in [0.29, 0.717) is 24.0 Å². The van der Waals surface area contributed by atoms with Crippen LogP contribution in [0.3, 0.4) is 0 Å². The van der Waals surface area contributed by atoms with Crippen molar-refractivity contribution in [2.75, 3.05) is 38.0 Å². The van der Waals surface area contributed by atoms with Crippen molar-refractivity contribution in [2.45, 2.75) is 26.3 Å². The fourth-order valence-corrected chi connectivity index (χ4v) is 3.29. The third-order valence-electron chi connectivity index (χ3n) is 5.12. The van der Waals surface area contributed by atoms with Crippen molar-refractivity contribution in [3.8, 4) is 11.5 Å². The molecule has 5 heteroatoms. The summed E-state index contributed by atoms with van der Waals surface area (Å²) in [4.78, 5) is 17.2. The molecule has 0 aromatic heterocycles. The molecule has 27 heavy (non-hydrogen) atoms. The van der Waals surface area contributed by atoms with Crippen LogP contribution < -0.4 is 10.1 Å². The zero-order chi connectivity index (χ0) is 19.1. The van der Waals surface area contributed by atoms with E-state index in [1.165, 1.54) is 6.42 Å². The molecule has 3 rings (SSSR count). The van der Waals surface area contributed by atoms with Crippen LogP contribution in [0.15, 0.2) is 54.6 Å². The first-order valence-corrected chi connectivity index (χ1v) is 9.74. The van der Waals surface area contributed by atoms with Crippen molar-refractivity contribution in [1.82, 2.24) is 9.80 Å². The van der Waals surface area contributed by atoms with Gasteiger partial charge in [0.15, 0.2) is 5.75 Å². The summed E-state index contributed by atoms with van der Waals surface area (Å²) in [6.07, 6.45) is 1.17. The maximum absolute atomic E-state index is 12.5. The molecule has 1 unspecified atom stereocenters. The number of hydrogen-bond acceptors (Lipinski definition) is 4. The molecule has 0 aliphatic carbocycles. The van der Waals surface area contributed by atoms with E-state index in [1.54, 1.807) is 0 Å². The third kappa shape index (κ3) is 5.55. The number of para-hydroxylation sites is 3. The highest BCUT2D eigenvalue weighted by atomic mass is 16.5. The molecule has 1 heterocycles. The van der Waals surface area contributed by atoms with Gasteiger partial charge in [-0.25, -0.2) is 0 Å². The summed E-state index contributed by atoms with van der Waals surface area (Å²) < 4.78 is 5.92. The highest BCUT2D eigenvalue weighted by molar-refractivity contribution is 5.93. The van der Waals surface area contributed by atoms with Gasteiger partial charge in [0.05, 0.1) is 12.2 Å². The largest absolute Gasteiger partial charge is 0.455 e. The Hall–Kier alpha value is -2.37. The van der Waals surface area contributed by atoms with Gasteiger partial charge in [-0.2, -0.15) is 0 Å². The number of rotatable bonds is 7. The van der Waals surface area contributed by atoms with Gasteiger partial charge in [0.1, 0.15) is 5.75 Å². The summed E-state index contributed by atoms with van der Waals surface area (Å²) >= 11 is 0. The monoisotopic (exact) mass is 367 g/mol. The normalized spacial score (nSPS) is 16.7. The van der Waals surface area contributed by atoms with Crippen molar-refractivity contribution in [3.05, 3.63) is 54.6 Å². The van der Waals surface area contributed by atoms with E-state index < -0.39 is 0 Å². The Kier molecular flexibility index (Phi) is 6.85. The molecule has 1 N–H and O–H groups in total. The lowest BCUT2D eigenvalue weighted by Gasteiger charge is -2.37. The van der Waals surface area contributed by atoms with Gasteiger partial charge in [-0.3, -0.25) is 14.6 Å². The molecule has 1 fully saturated rings. The minimum Gasteiger partial charge on any atom is -0.455 e. The van der Waals surface area contributed by atoms with Gasteiger partial charge in [0.2, 0.25) is 5.91 Å². The predicted octanol–water partition coefficient (Wildman–Crippen LogP) is 3.83. The van der Waals surface area contributed by atoms with E-state index in [-0.39, 0.29) is 5.91 Å². The number of nitrogens with zero attached hydrogens (tertiary/aromatic N) is 2. The molecule has 1 atom stereocenters. The smallest absolute Gasteiger partial charge is 0.238 e. The minimum atomic E-state index is -0.00361. The fraction of sp³-hybridized carbons (Fsp3) is 0.409. The number of benzene rings is 2. The Morgan fingerprint density at radius 1 is 1.04 bits per heavy atom. The van der Waals surface area contributed by atoms with Gasteiger partial charge < -0.3 is 10.1 Å². The number of amides is 1. The van der Waals surface area contributed by atoms with Crippen LogP contribution >= 0.6 is 0 Å². The van der Waals surface area contributed by atoms with Crippen LogP contribution in [0.4, 0.5) is 5.69 Å². The molecule has 1 amide bonds. The number of carbonyl (C=O) groups is 1. The second-order valence-electron chi connectivity index (χ2n) is 7.03. The molecular weight excluding hydrogens is 338 g/mol. The predicted molar refractivity (Wildman–Crippen MR) is 109 cm³/mol. The molecule has 2 aromatic rings. The maximum Gasteiger partial charge on any atom is 0.238 e. The standard InChI is InChI=1S/C22H29N3O2/c1-3-18(2)25-15-13-24(14-16-25)17-22(26)23-20-11-7-8-12-21(20)27-19-9-5-4-6-10-19/h4-12,18H,3,13-17H2,1-2H3,(H,23,26). The third-order valence-corrected chi connectivity index (χ3v) is 5.12. The highest BCUT2D eigenvalue weighted by Crippen LogP contribution is 2.29. The Labute approximate surface area is 161 Å². The first-order valence-electron chi connectivity index (χ1n) is 9.74. The first-order chi connectivity index (χ1) is 13.2. The van der Waals surface area contributed by atoms with Gasteiger partial charge in [0.25, 0.3) is 0 Å². The van der Waals surface area contributed by atoms with Crippen LogP contribution in [0.5, 0.6) is 11.5 Å². The fourth-order valence-electron chi connectivity index (χ4n) is 3.29. The molecule has 5 nitrogen and oxygen atoms in total. The maximum atomic E-state index is 12.5. The number of carbonyl (C=O) groups excluding carboxylic acids is 1. The Bertz CT molecular complexity index is 727. The molecule has 0 bridgehead atoms. The van der Waals surface area contributed by atoms with Crippen molar-refractivity contribution < 1.29 is 9.53 Å². The van der Waals surface area contributed by atoms with Gasteiger partial charge in [0, 0.05) is 32.2 Å². The average molecular weight is 367 g/mol. The number of piperazine rings is 1. The highest BCUT2D eigenvalue weighted by Gasteiger charge is 2.21. The van der Waals surface area contributed by atoms with Crippen molar-refractivity contribution in [1.29, 1.82) is 0 Å². The Balaban J connectivity index is 1.54. The van der Waals surface area contributed by atoms with E-state index in [2.05, 4.69) is 29.0 Å². The van der Waals surface area contributed by atoms with Crippen LogP contribution in [0.2, 0.25) is 0 Å². The van der Waals surface area contributed by atoms with E-state index in [1.807, 2.05) is 54.6 Å². The van der Waals surface area contributed by atoms with Gasteiger partial charge in [-0.1, -0.05) is 37.3 Å². The van der Waals surface area contributed by atoms with Crippen molar-refractivity contribution >= 4 is 11.6 Å². The SMILES string of the molecule is CCC(C)N1CCN(CC(=O)Nc2ccccc2Oc2ccccc2)CC1. The van der Waals surface area contributed by atoms with E-state index in [0.717, 1.165) is 31.9 Å². The van der Waals surface area contributed by atoms with Crippen molar-refractivity contribution in [2.24, 2.45) is 0 Å². The van der Waals surface area contributed by atoms with Crippen LogP contribution in [0.1, 0.15) is 20.3 Å². The summed E-state index contributed by atoms with van der Waals surface area (Å²) in [7, 11) is 0. The molecule has 0 saturated carbocycles. The lowest BCUT2D eigenvalue weighted by molar-refractivity contribution is -0.117. The number of ether oxygens (including phenoxy) is 1. The number of hydrogen-bond donors (Lipinski definition) is 1. The summed E-state index contributed by atoms with van der Waals surface area (Å²) in [5.41, 5.74) is 0.699. The summed E-state index contributed by atoms with van der Waals surface area (Å²) in [5.74, 6) is 1.40. The zero-order valence-corrected chi connectivity index (χ0v) is 16.2. The second-order valence-corrected chi connectivity index (χ2v) is 7.03. The Morgan fingerprint density at radius 2 is 1.70 bits per heavy atom. The van der Waals surface area contributed by atoms with Gasteiger partial charge in [-0.15, -0.1) is 0 Å². The molecular formula is C22H29N3O2. The summed E-state index contributed by atoms with van der Waals surface area (Å²) in [6, 6.07) is 17.8. The van der Waals surface area contributed by atoms with Crippen LogP contribution in [0, 0.1) is 0 Å². The van der Waals surface area contributed by atoms with E-state index >= 15 is 0 Å². The number of anilines is 1. The zero-order valence-electron chi connectivity index (χ0n) is 16.2. The van der Waals surface area contributed by atoms with Crippen molar-refractivity contribution in [3.63, 3.8) is 0 Å². The van der Waals surface area contributed by atoms with Crippen LogP contribution in [-0.4, -0.2) is 54.5 Å². The van der Waals surface area contributed by atoms with Crippen LogP contribution in [-0.2, 0) is 4.79 Å². The quantitative estimate of drug-likeness (QED) is 0.808. The van der Waals surface area contributed by atoms with Gasteiger partial charge >= 0.3 is 0 Å². The van der Waals surface area contributed by atoms with E-state index in [4.69, 9.17) is 4.74 Å². The summed E-state index contributed by atoms with van der Waals surface area (Å²) in [5, 5.41) is 3.00. The molecule has 1 aliphatic heterocycles. The lowest BCUT2D eigenvalue weighted by Crippen LogP contribution is -2.51. The molecule has 0 radical (unpaired) electrons. The molecule has 0 spiro atoms. The number of nitrogens with one attached hydrogen (secondary N) is 1. The molecule has 144 valence electrons. The first kappa shape index (κ1) is 19.4. The van der Waals surface area contributed by atoms with Gasteiger partial charge in [-0.05, 0) is 37.6 Å². The second kappa shape index (κ2) is 9.53. The molecule has 1 saturated heterocycles. The van der Waals surface area contributed by atoms with Crippen LogP contribution in [0.25, 0.3) is 0 Å². The average Bonchev–Trinajstić information content (AvgIpc) is 2.70. The summed E-state index contributed by atoms with van der Waals surface area (Å²) in [6.45, 7) is 8.81. The minimum absolute atomic E-state index is 0.00361.